The van der Waals surface area contributed by atoms with Gasteiger partial charge in [-0.05, 0) is 12.8 Å². The highest BCUT2D eigenvalue weighted by atomic mass is 16.5. The van der Waals surface area contributed by atoms with Crippen molar-refractivity contribution in [3.05, 3.63) is 18.6 Å². The number of hydrogen-bond acceptors (Lipinski definition) is 7. The van der Waals surface area contributed by atoms with Crippen LogP contribution in [0, 0.1) is 0 Å². The lowest BCUT2D eigenvalue weighted by molar-refractivity contribution is 0.143. The highest BCUT2D eigenvalue weighted by Gasteiger charge is 2.22. The monoisotopic (exact) mass is 247 g/mol. The zero-order valence-corrected chi connectivity index (χ0v) is 9.73. The van der Waals surface area contributed by atoms with E-state index in [2.05, 4.69) is 20.1 Å². The molecule has 2 aromatic rings. The molecule has 0 unspecified atom stereocenters. The van der Waals surface area contributed by atoms with E-state index in [1.165, 1.54) is 0 Å². The van der Waals surface area contributed by atoms with E-state index in [1.54, 1.807) is 18.6 Å². The molecule has 0 atom stereocenters. The predicted molar refractivity (Wildman–Crippen MR) is 62.8 cm³/mol. The maximum Gasteiger partial charge on any atom is 0.324 e. The van der Waals surface area contributed by atoms with E-state index >= 15 is 0 Å². The minimum atomic E-state index is -0.219. The average molecular weight is 247 g/mol. The molecule has 1 aliphatic heterocycles. The van der Waals surface area contributed by atoms with Gasteiger partial charge in [0.15, 0.2) is 0 Å². The van der Waals surface area contributed by atoms with E-state index in [1.807, 2.05) is 4.90 Å². The quantitative estimate of drug-likeness (QED) is 0.826. The molecule has 7 nitrogen and oxygen atoms in total. The van der Waals surface area contributed by atoms with Gasteiger partial charge in [-0.3, -0.25) is 4.98 Å². The summed E-state index contributed by atoms with van der Waals surface area (Å²) in [4.78, 5) is 14.3. The van der Waals surface area contributed by atoms with E-state index in [0.717, 1.165) is 25.9 Å². The molecule has 0 amide bonds. The van der Waals surface area contributed by atoms with Gasteiger partial charge in [0.2, 0.25) is 5.82 Å². The maximum atomic E-state index is 9.45. The summed E-state index contributed by atoms with van der Waals surface area (Å²) in [6.07, 6.45) is 6.00. The Bertz CT molecular complexity index is 507. The molecule has 7 heteroatoms. The van der Waals surface area contributed by atoms with Crippen LogP contribution in [0.1, 0.15) is 12.8 Å². The molecule has 94 valence electrons. The SMILES string of the molecule is OC1CCN(c2nc(-c3cnccn3)no2)CC1. The molecule has 0 aliphatic carbocycles. The fourth-order valence-electron chi connectivity index (χ4n) is 1.92. The third-order valence-corrected chi connectivity index (χ3v) is 2.94. The Morgan fingerprint density at radius 2 is 2.11 bits per heavy atom. The minimum absolute atomic E-state index is 0.219. The minimum Gasteiger partial charge on any atom is -0.393 e. The zero-order valence-electron chi connectivity index (χ0n) is 9.73. The molecular formula is C11H13N5O2. The summed E-state index contributed by atoms with van der Waals surface area (Å²) < 4.78 is 5.21. The summed E-state index contributed by atoms with van der Waals surface area (Å²) in [6.45, 7) is 1.45. The van der Waals surface area contributed by atoms with Crippen molar-refractivity contribution in [3.63, 3.8) is 0 Å². The third-order valence-electron chi connectivity index (χ3n) is 2.94. The molecule has 1 aliphatic rings. The molecule has 2 aromatic heterocycles. The lowest BCUT2D eigenvalue weighted by Gasteiger charge is -2.27. The van der Waals surface area contributed by atoms with Crippen molar-refractivity contribution in [1.29, 1.82) is 0 Å². The maximum absolute atomic E-state index is 9.45. The fourth-order valence-corrected chi connectivity index (χ4v) is 1.92. The van der Waals surface area contributed by atoms with Crippen LogP contribution in [-0.2, 0) is 0 Å². The van der Waals surface area contributed by atoms with E-state index in [4.69, 9.17) is 4.52 Å². The van der Waals surface area contributed by atoms with E-state index in [0.29, 0.717) is 17.5 Å². The molecular weight excluding hydrogens is 234 g/mol. The van der Waals surface area contributed by atoms with Gasteiger partial charge >= 0.3 is 6.01 Å². The number of anilines is 1. The molecule has 0 aromatic carbocycles. The largest absolute Gasteiger partial charge is 0.393 e. The van der Waals surface area contributed by atoms with Gasteiger partial charge in [0.1, 0.15) is 5.69 Å². The smallest absolute Gasteiger partial charge is 0.324 e. The second-order valence-corrected chi connectivity index (χ2v) is 4.21. The Labute approximate surface area is 103 Å². The van der Waals surface area contributed by atoms with Crippen molar-refractivity contribution < 1.29 is 9.63 Å². The number of rotatable bonds is 2. The summed E-state index contributed by atoms with van der Waals surface area (Å²) in [5.74, 6) is 0.434. The second kappa shape index (κ2) is 4.69. The van der Waals surface area contributed by atoms with Gasteiger partial charge in [0.05, 0.1) is 12.3 Å². The fraction of sp³-hybridized carbons (Fsp3) is 0.455. The van der Waals surface area contributed by atoms with Crippen molar-refractivity contribution >= 4 is 6.01 Å². The Hall–Kier alpha value is -2.02. The Morgan fingerprint density at radius 3 is 2.83 bits per heavy atom. The summed E-state index contributed by atoms with van der Waals surface area (Å²) in [6, 6.07) is 0.475. The Balaban J connectivity index is 1.78. The molecule has 1 saturated heterocycles. The van der Waals surface area contributed by atoms with Gasteiger partial charge in [0, 0.05) is 25.5 Å². The van der Waals surface area contributed by atoms with Crippen LogP contribution < -0.4 is 4.90 Å². The molecule has 0 radical (unpaired) electrons. The first kappa shape index (κ1) is 11.1. The zero-order chi connectivity index (χ0) is 12.4. The van der Waals surface area contributed by atoms with Crippen LogP contribution in [0.25, 0.3) is 11.5 Å². The first-order chi connectivity index (χ1) is 8.83. The van der Waals surface area contributed by atoms with Gasteiger partial charge in [-0.25, -0.2) is 4.98 Å². The number of aliphatic hydroxyl groups excluding tert-OH is 1. The molecule has 0 saturated carbocycles. The van der Waals surface area contributed by atoms with Crippen molar-refractivity contribution in [2.45, 2.75) is 18.9 Å². The Kier molecular flexibility index (Phi) is 2.89. The summed E-state index contributed by atoms with van der Waals surface area (Å²) in [5.41, 5.74) is 0.588. The van der Waals surface area contributed by atoms with E-state index in [9.17, 15) is 5.11 Å². The van der Waals surface area contributed by atoms with E-state index in [-0.39, 0.29) is 6.10 Å². The normalized spacial score (nSPS) is 17.1. The first-order valence-corrected chi connectivity index (χ1v) is 5.86. The van der Waals surface area contributed by atoms with Crippen molar-refractivity contribution in [3.8, 4) is 11.5 Å². The third kappa shape index (κ3) is 2.17. The summed E-state index contributed by atoms with van der Waals surface area (Å²) >= 11 is 0. The average Bonchev–Trinajstić information content (AvgIpc) is 2.90. The van der Waals surface area contributed by atoms with Gasteiger partial charge in [-0.1, -0.05) is 5.16 Å². The van der Waals surface area contributed by atoms with Crippen LogP contribution in [0.4, 0.5) is 6.01 Å². The molecule has 1 fully saturated rings. The Morgan fingerprint density at radius 1 is 1.28 bits per heavy atom. The van der Waals surface area contributed by atoms with Gasteiger partial charge in [0.25, 0.3) is 0 Å². The van der Waals surface area contributed by atoms with Crippen LogP contribution in [0.3, 0.4) is 0 Å². The lowest BCUT2D eigenvalue weighted by Crippen LogP contribution is -2.35. The standard InChI is InChI=1S/C11H13N5O2/c17-8-1-5-16(6-2-8)11-14-10(15-18-11)9-7-12-3-4-13-9/h3-4,7-8,17H,1-2,5-6H2. The molecule has 1 N–H and O–H groups in total. The second-order valence-electron chi connectivity index (χ2n) is 4.21. The van der Waals surface area contributed by atoms with Crippen molar-refractivity contribution in [1.82, 2.24) is 20.1 Å². The topological polar surface area (TPSA) is 88.2 Å². The molecule has 0 bridgehead atoms. The highest BCUT2D eigenvalue weighted by Crippen LogP contribution is 2.20. The first-order valence-electron chi connectivity index (χ1n) is 5.86. The van der Waals surface area contributed by atoms with Crippen LogP contribution in [0.2, 0.25) is 0 Å². The number of aliphatic hydroxyl groups is 1. The van der Waals surface area contributed by atoms with Gasteiger partial charge in [-0.2, -0.15) is 4.98 Å². The van der Waals surface area contributed by atoms with Crippen LogP contribution >= 0.6 is 0 Å². The lowest BCUT2D eigenvalue weighted by atomic mass is 10.1. The van der Waals surface area contributed by atoms with Gasteiger partial charge in [-0.15, -0.1) is 0 Å². The summed E-state index contributed by atoms with van der Waals surface area (Å²) in [7, 11) is 0. The molecule has 0 spiro atoms. The number of aromatic nitrogens is 4. The van der Waals surface area contributed by atoms with Crippen molar-refractivity contribution in [2.75, 3.05) is 18.0 Å². The molecule has 3 heterocycles. The van der Waals surface area contributed by atoms with Crippen LogP contribution in [-0.4, -0.2) is 44.4 Å². The van der Waals surface area contributed by atoms with Crippen LogP contribution in [0.15, 0.2) is 23.1 Å². The van der Waals surface area contributed by atoms with Crippen LogP contribution in [0.5, 0.6) is 0 Å². The van der Waals surface area contributed by atoms with Gasteiger partial charge < -0.3 is 14.5 Å². The number of piperidine rings is 1. The number of nitrogens with zero attached hydrogens (tertiary/aromatic N) is 5. The summed E-state index contributed by atoms with van der Waals surface area (Å²) in [5, 5.41) is 13.3. The van der Waals surface area contributed by atoms with E-state index < -0.39 is 0 Å². The molecule has 18 heavy (non-hydrogen) atoms. The number of hydrogen-bond donors (Lipinski definition) is 1. The highest BCUT2D eigenvalue weighted by molar-refractivity contribution is 5.48. The van der Waals surface area contributed by atoms with Crippen molar-refractivity contribution in [2.24, 2.45) is 0 Å². The molecule has 3 rings (SSSR count). The predicted octanol–water partition coefficient (Wildman–Crippen LogP) is 0.488.